The van der Waals surface area contributed by atoms with Gasteiger partial charge < -0.3 is 14.9 Å². The number of methoxy groups -OCH3 is 1. The van der Waals surface area contributed by atoms with Crippen LogP contribution in [0.25, 0.3) is 0 Å². The highest BCUT2D eigenvalue weighted by molar-refractivity contribution is 5.47. The van der Waals surface area contributed by atoms with Gasteiger partial charge in [0.2, 0.25) is 0 Å². The van der Waals surface area contributed by atoms with Gasteiger partial charge in [-0.15, -0.1) is 0 Å². The Morgan fingerprint density at radius 2 is 2.11 bits per heavy atom. The van der Waals surface area contributed by atoms with Gasteiger partial charge in [-0.3, -0.25) is 4.90 Å². The Hall–Kier alpha value is -1.94. The minimum atomic E-state index is 0.718. The molecule has 0 atom stereocenters. The van der Waals surface area contributed by atoms with Gasteiger partial charge in [-0.1, -0.05) is 0 Å². The number of nitrogen functional groups attached to an aromatic ring is 1. The van der Waals surface area contributed by atoms with Gasteiger partial charge in [0, 0.05) is 18.3 Å². The molecule has 0 bridgehead atoms. The van der Waals surface area contributed by atoms with E-state index < -0.39 is 0 Å². The van der Waals surface area contributed by atoms with E-state index in [0.717, 1.165) is 35.9 Å². The largest absolute Gasteiger partial charge is 0.497 e. The molecule has 2 aromatic rings. The predicted molar refractivity (Wildman–Crippen MR) is 71.3 cm³/mol. The molecule has 0 aliphatic heterocycles. The molecule has 4 nitrogen and oxygen atoms in total. The number of anilines is 1. The second-order valence-corrected chi connectivity index (χ2v) is 4.37. The highest BCUT2D eigenvalue weighted by Gasteiger charge is 2.05. The normalized spacial score (nSPS) is 10.8. The molecule has 0 radical (unpaired) electrons. The van der Waals surface area contributed by atoms with Crippen molar-refractivity contribution in [3.63, 3.8) is 0 Å². The van der Waals surface area contributed by atoms with Crippen molar-refractivity contribution in [1.29, 1.82) is 0 Å². The highest BCUT2D eigenvalue weighted by atomic mass is 16.5. The molecular formula is C14H18N2O2. The van der Waals surface area contributed by atoms with Crippen LogP contribution in [0.5, 0.6) is 5.75 Å². The van der Waals surface area contributed by atoms with Gasteiger partial charge in [0.1, 0.15) is 11.5 Å². The lowest BCUT2D eigenvalue weighted by molar-refractivity contribution is 0.287. The molecule has 0 amide bonds. The maximum Gasteiger partial charge on any atom is 0.121 e. The van der Waals surface area contributed by atoms with Gasteiger partial charge in [0.25, 0.3) is 0 Å². The number of furan rings is 1. The van der Waals surface area contributed by atoms with E-state index >= 15 is 0 Å². The zero-order valence-corrected chi connectivity index (χ0v) is 10.7. The molecule has 18 heavy (non-hydrogen) atoms. The second-order valence-electron chi connectivity index (χ2n) is 4.37. The summed E-state index contributed by atoms with van der Waals surface area (Å²) in [6, 6.07) is 9.63. The number of nitrogens with two attached hydrogens (primary N) is 1. The van der Waals surface area contributed by atoms with Crippen LogP contribution in [0, 0.1) is 0 Å². The lowest BCUT2D eigenvalue weighted by Gasteiger charge is -2.16. The van der Waals surface area contributed by atoms with Crippen molar-refractivity contribution in [3.8, 4) is 5.75 Å². The molecule has 0 aliphatic rings. The van der Waals surface area contributed by atoms with Crippen molar-refractivity contribution in [2.45, 2.75) is 13.1 Å². The van der Waals surface area contributed by atoms with E-state index in [2.05, 4.69) is 4.90 Å². The number of hydrogen-bond acceptors (Lipinski definition) is 4. The van der Waals surface area contributed by atoms with Crippen molar-refractivity contribution in [2.75, 3.05) is 19.9 Å². The van der Waals surface area contributed by atoms with Crippen molar-refractivity contribution in [2.24, 2.45) is 0 Å². The summed E-state index contributed by atoms with van der Waals surface area (Å²) in [4.78, 5) is 2.16. The third kappa shape index (κ3) is 3.28. The summed E-state index contributed by atoms with van der Waals surface area (Å²) < 4.78 is 10.5. The van der Waals surface area contributed by atoms with Crippen LogP contribution in [-0.4, -0.2) is 19.1 Å². The Morgan fingerprint density at radius 1 is 1.28 bits per heavy atom. The van der Waals surface area contributed by atoms with E-state index in [-0.39, 0.29) is 0 Å². The molecule has 96 valence electrons. The predicted octanol–water partition coefficient (Wildman–Crippen LogP) is 2.50. The first-order valence-corrected chi connectivity index (χ1v) is 5.82. The van der Waals surface area contributed by atoms with Gasteiger partial charge in [0.05, 0.1) is 19.9 Å². The van der Waals surface area contributed by atoms with E-state index in [4.69, 9.17) is 14.9 Å². The molecule has 0 saturated carbocycles. The fourth-order valence-electron chi connectivity index (χ4n) is 1.93. The lowest BCUT2D eigenvalue weighted by atomic mass is 10.2. The lowest BCUT2D eigenvalue weighted by Crippen LogP contribution is -2.17. The maximum absolute atomic E-state index is 5.83. The van der Waals surface area contributed by atoms with Crippen molar-refractivity contribution in [1.82, 2.24) is 4.90 Å². The van der Waals surface area contributed by atoms with Crippen LogP contribution in [0.1, 0.15) is 11.3 Å². The first-order chi connectivity index (χ1) is 8.67. The summed E-state index contributed by atoms with van der Waals surface area (Å²) in [6.45, 7) is 1.56. The summed E-state index contributed by atoms with van der Waals surface area (Å²) in [7, 11) is 3.68. The Balaban J connectivity index is 2.02. The SMILES string of the molecule is COc1cc(N)cc(CN(C)Cc2ccco2)c1. The van der Waals surface area contributed by atoms with Gasteiger partial charge in [-0.25, -0.2) is 0 Å². The molecule has 1 aromatic heterocycles. The van der Waals surface area contributed by atoms with Gasteiger partial charge >= 0.3 is 0 Å². The topological polar surface area (TPSA) is 51.6 Å². The van der Waals surface area contributed by atoms with Crippen LogP contribution in [0.15, 0.2) is 41.0 Å². The Labute approximate surface area is 107 Å². The number of hydrogen-bond donors (Lipinski definition) is 1. The summed E-state index contributed by atoms with van der Waals surface area (Å²) in [5.41, 5.74) is 7.67. The number of rotatable bonds is 5. The molecule has 2 rings (SSSR count). The van der Waals surface area contributed by atoms with Crippen LogP contribution in [0.2, 0.25) is 0 Å². The first-order valence-electron chi connectivity index (χ1n) is 5.82. The van der Waals surface area contributed by atoms with Crippen molar-refractivity contribution >= 4 is 5.69 Å². The van der Waals surface area contributed by atoms with E-state index in [9.17, 15) is 0 Å². The third-order valence-corrected chi connectivity index (χ3v) is 2.68. The quantitative estimate of drug-likeness (QED) is 0.823. The van der Waals surface area contributed by atoms with E-state index in [0.29, 0.717) is 0 Å². The standard InChI is InChI=1S/C14H18N2O2/c1-16(10-13-4-3-5-18-13)9-11-6-12(15)8-14(7-11)17-2/h3-8H,9-10,15H2,1-2H3. The van der Waals surface area contributed by atoms with Crippen LogP contribution in [-0.2, 0) is 13.1 Å². The minimum Gasteiger partial charge on any atom is -0.497 e. The van der Waals surface area contributed by atoms with Crippen LogP contribution in [0.3, 0.4) is 0 Å². The fourth-order valence-corrected chi connectivity index (χ4v) is 1.93. The zero-order valence-electron chi connectivity index (χ0n) is 10.7. The minimum absolute atomic E-state index is 0.718. The molecule has 1 heterocycles. The number of nitrogens with zero attached hydrogens (tertiary/aromatic N) is 1. The van der Waals surface area contributed by atoms with Crippen molar-refractivity contribution in [3.05, 3.63) is 47.9 Å². The second kappa shape index (κ2) is 5.60. The van der Waals surface area contributed by atoms with Crippen LogP contribution < -0.4 is 10.5 Å². The molecule has 4 heteroatoms. The average Bonchev–Trinajstić information content (AvgIpc) is 2.80. The Bertz CT molecular complexity index is 495. The van der Waals surface area contributed by atoms with Gasteiger partial charge in [-0.2, -0.15) is 0 Å². The van der Waals surface area contributed by atoms with E-state index in [1.807, 2.05) is 37.4 Å². The molecule has 0 aliphatic carbocycles. The first kappa shape index (κ1) is 12.5. The molecule has 0 fully saturated rings. The summed E-state index contributed by atoms with van der Waals surface area (Å²) in [5, 5.41) is 0. The molecule has 2 N–H and O–H groups in total. The Morgan fingerprint density at radius 3 is 2.78 bits per heavy atom. The molecule has 0 unspecified atom stereocenters. The molecular weight excluding hydrogens is 228 g/mol. The smallest absolute Gasteiger partial charge is 0.121 e. The molecule has 1 aromatic carbocycles. The van der Waals surface area contributed by atoms with Crippen molar-refractivity contribution < 1.29 is 9.15 Å². The van der Waals surface area contributed by atoms with Crippen LogP contribution in [0.4, 0.5) is 5.69 Å². The summed E-state index contributed by atoms with van der Waals surface area (Å²) >= 11 is 0. The monoisotopic (exact) mass is 246 g/mol. The van der Waals surface area contributed by atoms with Gasteiger partial charge in [0.15, 0.2) is 0 Å². The van der Waals surface area contributed by atoms with Gasteiger partial charge in [-0.05, 0) is 36.9 Å². The van der Waals surface area contributed by atoms with E-state index in [1.54, 1.807) is 13.4 Å². The number of benzene rings is 1. The zero-order chi connectivity index (χ0) is 13.0. The van der Waals surface area contributed by atoms with E-state index in [1.165, 1.54) is 0 Å². The average molecular weight is 246 g/mol. The maximum atomic E-state index is 5.83. The van der Waals surface area contributed by atoms with Crippen LogP contribution >= 0.6 is 0 Å². The number of ether oxygens (including phenoxy) is 1. The molecule has 0 spiro atoms. The highest BCUT2D eigenvalue weighted by Crippen LogP contribution is 2.20. The molecule has 0 saturated heterocycles. The summed E-state index contributed by atoms with van der Waals surface area (Å²) in [5.74, 6) is 1.74. The summed E-state index contributed by atoms with van der Waals surface area (Å²) in [6.07, 6.45) is 1.69. The fraction of sp³-hybridized carbons (Fsp3) is 0.286. The Kier molecular flexibility index (Phi) is 3.89. The third-order valence-electron chi connectivity index (χ3n) is 2.68.